The number of phenolic OH excluding ortho intramolecular Hbond substituents is 1. The number of aromatic hydroxyl groups is 1. The van der Waals surface area contributed by atoms with E-state index in [1.165, 1.54) is 18.9 Å². The summed E-state index contributed by atoms with van der Waals surface area (Å²) in [7, 11) is 0. The highest BCUT2D eigenvalue weighted by Gasteiger charge is 2.51. The molecule has 9 heteroatoms. The highest BCUT2D eigenvalue weighted by atomic mass is 16.3. The molecule has 37 heavy (non-hydrogen) atoms. The zero-order valence-corrected chi connectivity index (χ0v) is 20.2. The third-order valence-corrected chi connectivity index (χ3v) is 8.28. The van der Waals surface area contributed by atoms with Crippen molar-refractivity contribution in [1.29, 1.82) is 0 Å². The zero-order chi connectivity index (χ0) is 26.0. The number of fused-ring (bicyclic) bond motifs is 3. The van der Waals surface area contributed by atoms with E-state index in [4.69, 9.17) is 10.2 Å². The summed E-state index contributed by atoms with van der Waals surface area (Å²) < 4.78 is 6.16. The van der Waals surface area contributed by atoms with E-state index < -0.39 is 46.6 Å². The van der Waals surface area contributed by atoms with Gasteiger partial charge in [0.25, 0.3) is 5.91 Å². The number of carbonyl (C=O) groups excluding carboxylic acids is 3. The Morgan fingerprint density at radius 2 is 1.81 bits per heavy atom. The molecule has 0 radical (unpaired) electrons. The number of nitrogens with two attached hydrogens (primary N) is 1. The van der Waals surface area contributed by atoms with Crippen molar-refractivity contribution in [2.24, 2.45) is 23.5 Å². The summed E-state index contributed by atoms with van der Waals surface area (Å²) in [6, 6.07) is 7.02. The molecule has 5 N–H and O–H groups in total. The second-order valence-corrected chi connectivity index (χ2v) is 10.5. The van der Waals surface area contributed by atoms with E-state index in [1.54, 1.807) is 6.07 Å². The number of ketones is 2. The first-order chi connectivity index (χ1) is 17.7. The Balaban J connectivity index is 1.40. The van der Waals surface area contributed by atoms with Crippen molar-refractivity contribution < 1.29 is 34.1 Å². The highest BCUT2D eigenvalue weighted by Crippen LogP contribution is 2.51. The van der Waals surface area contributed by atoms with E-state index in [0.717, 1.165) is 24.4 Å². The fourth-order valence-corrected chi connectivity index (χ4v) is 6.64. The van der Waals surface area contributed by atoms with Crippen molar-refractivity contribution >= 4 is 23.2 Å². The van der Waals surface area contributed by atoms with E-state index in [-0.39, 0.29) is 29.1 Å². The number of amides is 1. The van der Waals surface area contributed by atoms with Crippen LogP contribution >= 0.6 is 0 Å². The van der Waals surface area contributed by atoms with Crippen LogP contribution in [-0.2, 0) is 27.3 Å². The molecule has 0 spiro atoms. The molecule has 192 valence electrons. The van der Waals surface area contributed by atoms with Crippen LogP contribution in [0.5, 0.6) is 5.75 Å². The Labute approximate surface area is 212 Å². The molecule has 3 atom stereocenters. The lowest BCUT2D eigenvalue weighted by Crippen LogP contribution is -2.44. The van der Waals surface area contributed by atoms with Gasteiger partial charge in [0.2, 0.25) is 0 Å². The summed E-state index contributed by atoms with van der Waals surface area (Å²) in [6.45, 7) is 2.80. The molecule has 6 rings (SSSR count). The van der Waals surface area contributed by atoms with E-state index in [0.29, 0.717) is 30.7 Å². The fourth-order valence-electron chi connectivity index (χ4n) is 6.64. The van der Waals surface area contributed by atoms with Crippen molar-refractivity contribution in [1.82, 2.24) is 4.90 Å². The number of hydrogen-bond donors (Lipinski definition) is 4. The van der Waals surface area contributed by atoms with Crippen LogP contribution in [0.25, 0.3) is 17.1 Å². The van der Waals surface area contributed by atoms with Crippen LogP contribution in [0, 0.1) is 17.8 Å². The number of Topliss-reactive ketones (excluding diaryl/α,β-unsaturated/α-hetero) is 2. The third kappa shape index (κ3) is 3.68. The van der Waals surface area contributed by atoms with Crippen molar-refractivity contribution in [3.63, 3.8) is 0 Å². The van der Waals surface area contributed by atoms with Crippen molar-refractivity contribution in [3.8, 4) is 17.1 Å². The van der Waals surface area contributed by atoms with Crippen molar-refractivity contribution in [3.05, 3.63) is 58.1 Å². The number of likely N-dealkylation sites (tertiary alicyclic amines) is 1. The molecule has 4 aliphatic rings. The topological polar surface area (TPSA) is 154 Å². The van der Waals surface area contributed by atoms with Crippen LogP contribution in [-0.4, -0.2) is 50.8 Å². The number of furan rings is 1. The number of carbonyl (C=O) groups is 3. The van der Waals surface area contributed by atoms with Gasteiger partial charge < -0.3 is 25.5 Å². The number of primary amides is 1. The predicted octanol–water partition coefficient (Wildman–Crippen LogP) is 3.16. The van der Waals surface area contributed by atoms with E-state index >= 15 is 0 Å². The Bertz CT molecular complexity index is 1410. The van der Waals surface area contributed by atoms with Crippen molar-refractivity contribution in [2.45, 2.75) is 38.6 Å². The van der Waals surface area contributed by atoms with Crippen LogP contribution in [0.3, 0.4) is 0 Å². The molecule has 9 nitrogen and oxygen atoms in total. The van der Waals surface area contributed by atoms with Crippen LogP contribution in [0.2, 0.25) is 0 Å². The average molecular weight is 505 g/mol. The number of benzene rings is 1. The van der Waals surface area contributed by atoms with Gasteiger partial charge in [-0.2, -0.15) is 0 Å². The van der Waals surface area contributed by atoms with E-state index in [2.05, 4.69) is 4.90 Å². The van der Waals surface area contributed by atoms with Gasteiger partial charge in [0, 0.05) is 17.6 Å². The Morgan fingerprint density at radius 1 is 1.05 bits per heavy atom. The number of rotatable bonds is 4. The summed E-state index contributed by atoms with van der Waals surface area (Å²) >= 11 is 0. The third-order valence-electron chi connectivity index (χ3n) is 8.28. The molecule has 0 bridgehead atoms. The Morgan fingerprint density at radius 3 is 2.54 bits per heavy atom. The first kappa shape index (κ1) is 23.5. The zero-order valence-electron chi connectivity index (χ0n) is 20.2. The van der Waals surface area contributed by atoms with Gasteiger partial charge >= 0.3 is 0 Å². The molecule has 2 aromatic rings. The molecule has 3 unspecified atom stereocenters. The van der Waals surface area contributed by atoms with E-state index in [1.807, 2.05) is 12.1 Å². The summed E-state index contributed by atoms with van der Waals surface area (Å²) in [4.78, 5) is 40.1. The molecular weight excluding hydrogens is 476 g/mol. The molecule has 1 aromatic heterocycles. The van der Waals surface area contributed by atoms with Gasteiger partial charge in [-0.25, -0.2) is 0 Å². The molecule has 1 aliphatic heterocycles. The second kappa shape index (κ2) is 8.62. The number of nitrogens with zero attached hydrogens (tertiary/aromatic N) is 1. The normalized spacial score (nSPS) is 25.8. The smallest absolute Gasteiger partial charge is 0.255 e. The molecular formula is C28H28N2O7. The maximum absolute atomic E-state index is 13.6. The standard InChI is InChI=1S/C28H28N2O7/c29-28(36)24-19(32)11-14-9-13-10-17-16(20-6-3-15(37-20)12-30-7-1-2-8-30)4-5-18(31)23(17)26(34)21(13)25(33)22(14)27(24)35/h3-6,13-14,22,31,34-35H,1-2,7-12H2,(H2,29,36). The van der Waals surface area contributed by atoms with Crippen LogP contribution in [0.4, 0.5) is 0 Å². The summed E-state index contributed by atoms with van der Waals surface area (Å²) in [5, 5.41) is 32.6. The molecule has 2 heterocycles. The predicted molar refractivity (Wildman–Crippen MR) is 132 cm³/mol. The van der Waals surface area contributed by atoms with Gasteiger partial charge in [0.1, 0.15) is 34.4 Å². The van der Waals surface area contributed by atoms with E-state index in [9.17, 15) is 29.7 Å². The van der Waals surface area contributed by atoms with Gasteiger partial charge in [-0.05, 0) is 80.4 Å². The molecule has 1 amide bonds. The second-order valence-electron chi connectivity index (χ2n) is 10.5. The van der Waals surface area contributed by atoms with Crippen LogP contribution in [0.1, 0.15) is 42.6 Å². The molecule has 3 aliphatic carbocycles. The number of allylic oxidation sites excluding steroid dienone is 2. The average Bonchev–Trinajstić information content (AvgIpc) is 3.51. The Kier molecular flexibility index (Phi) is 5.49. The SMILES string of the molecule is NC(=O)C1=C(O)C2C(=O)C3=C(O)c4c(O)ccc(-c5ccc(CN6CCCC6)o5)c4CC3CC2CC1=O. The lowest BCUT2D eigenvalue weighted by molar-refractivity contribution is -0.127. The summed E-state index contributed by atoms with van der Waals surface area (Å²) in [6.07, 6.45) is 2.97. The lowest BCUT2D eigenvalue weighted by atomic mass is 9.61. The number of hydrogen-bond acceptors (Lipinski definition) is 8. The van der Waals surface area contributed by atoms with Gasteiger partial charge in [0.15, 0.2) is 11.6 Å². The maximum atomic E-state index is 13.6. The molecule has 1 aromatic carbocycles. The number of aliphatic hydroxyl groups is 2. The number of aliphatic hydroxyl groups excluding tert-OH is 2. The molecule has 1 saturated heterocycles. The minimum atomic E-state index is -1.13. The molecule has 2 fully saturated rings. The first-order valence-corrected chi connectivity index (χ1v) is 12.6. The minimum Gasteiger partial charge on any atom is -0.511 e. The maximum Gasteiger partial charge on any atom is 0.255 e. The first-order valence-electron chi connectivity index (χ1n) is 12.6. The van der Waals surface area contributed by atoms with Gasteiger partial charge in [-0.15, -0.1) is 0 Å². The number of phenols is 1. The molecule has 1 saturated carbocycles. The van der Waals surface area contributed by atoms with Crippen molar-refractivity contribution in [2.75, 3.05) is 13.1 Å². The largest absolute Gasteiger partial charge is 0.511 e. The lowest BCUT2D eigenvalue weighted by Gasteiger charge is -2.41. The summed E-state index contributed by atoms with van der Waals surface area (Å²) in [5.41, 5.74) is 6.39. The van der Waals surface area contributed by atoms with Gasteiger partial charge in [-0.3, -0.25) is 19.3 Å². The van der Waals surface area contributed by atoms with Gasteiger partial charge in [-0.1, -0.05) is 0 Å². The monoisotopic (exact) mass is 504 g/mol. The van der Waals surface area contributed by atoms with Crippen LogP contribution < -0.4 is 5.73 Å². The van der Waals surface area contributed by atoms with Crippen LogP contribution in [0.15, 0.2) is 45.6 Å². The Hall–Kier alpha value is -3.85. The summed E-state index contributed by atoms with van der Waals surface area (Å²) in [5.74, 6) is -3.95. The minimum absolute atomic E-state index is 0.0823. The highest BCUT2D eigenvalue weighted by molar-refractivity contribution is 6.21. The van der Waals surface area contributed by atoms with Gasteiger partial charge in [0.05, 0.1) is 18.0 Å². The fraction of sp³-hybridized carbons (Fsp3) is 0.393. The quantitative estimate of drug-likeness (QED) is 0.463.